The van der Waals surface area contributed by atoms with E-state index in [0.29, 0.717) is 11.3 Å². The summed E-state index contributed by atoms with van der Waals surface area (Å²) in [7, 11) is 0. The highest BCUT2D eigenvalue weighted by Crippen LogP contribution is 2.20. The number of anilines is 1. The second-order valence-corrected chi connectivity index (χ2v) is 4.51. The number of aryl methyl sites for hydroxylation is 3. The molecule has 1 aromatic carbocycles. The van der Waals surface area contributed by atoms with Gasteiger partial charge in [0.05, 0.1) is 0 Å². The Kier molecular flexibility index (Phi) is 3.94. The number of hydrogen-bond donors (Lipinski definition) is 2. The molecule has 0 saturated heterocycles. The molecule has 0 fully saturated rings. The molecule has 1 rings (SSSR count). The van der Waals surface area contributed by atoms with Gasteiger partial charge in [0, 0.05) is 17.0 Å². The van der Waals surface area contributed by atoms with Crippen molar-refractivity contribution in [3.63, 3.8) is 0 Å². The van der Waals surface area contributed by atoms with Crippen LogP contribution in [0.4, 0.5) is 5.69 Å². The zero-order valence-corrected chi connectivity index (χ0v) is 11.1. The average Bonchev–Trinajstić information content (AvgIpc) is 2.24. The molecule has 0 aliphatic heterocycles. The minimum atomic E-state index is -0.142. The number of nitrogens with one attached hydrogen (secondary N) is 1. The van der Waals surface area contributed by atoms with E-state index in [0.717, 1.165) is 16.8 Å². The van der Waals surface area contributed by atoms with Crippen molar-refractivity contribution >= 4 is 11.6 Å². The smallest absolute Gasteiger partial charge is 0.253 e. The Labute approximate surface area is 103 Å². The molecule has 3 N–H and O–H groups in total. The first kappa shape index (κ1) is 13.3. The van der Waals surface area contributed by atoms with Crippen molar-refractivity contribution in [2.24, 2.45) is 5.73 Å². The van der Waals surface area contributed by atoms with Crippen LogP contribution in [0.1, 0.15) is 30.5 Å². The molecular weight excluding hydrogens is 212 g/mol. The SMILES string of the molecule is C/C(N)=C(\C)C(=O)Nc1cc(C)c(C)cc1C. The van der Waals surface area contributed by atoms with Gasteiger partial charge in [-0.1, -0.05) is 6.07 Å². The Hall–Kier alpha value is -1.77. The summed E-state index contributed by atoms with van der Waals surface area (Å²) >= 11 is 0. The fourth-order valence-electron chi connectivity index (χ4n) is 1.49. The number of allylic oxidation sites excluding steroid dienone is 1. The van der Waals surface area contributed by atoms with Gasteiger partial charge in [-0.15, -0.1) is 0 Å². The number of benzene rings is 1. The van der Waals surface area contributed by atoms with Gasteiger partial charge >= 0.3 is 0 Å². The lowest BCUT2D eigenvalue weighted by Gasteiger charge is -2.12. The van der Waals surface area contributed by atoms with Crippen molar-refractivity contribution in [1.29, 1.82) is 0 Å². The van der Waals surface area contributed by atoms with Crippen LogP contribution in [-0.2, 0) is 4.79 Å². The topological polar surface area (TPSA) is 55.1 Å². The lowest BCUT2D eigenvalue weighted by atomic mass is 10.0. The highest BCUT2D eigenvalue weighted by molar-refractivity contribution is 6.04. The first-order chi connectivity index (χ1) is 7.82. The number of carbonyl (C=O) groups is 1. The molecule has 1 aromatic rings. The molecular formula is C14H20N2O. The quantitative estimate of drug-likeness (QED) is 0.770. The second-order valence-electron chi connectivity index (χ2n) is 4.51. The van der Waals surface area contributed by atoms with Crippen LogP contribution in [0.2, 0.25) is 0 Å². The highest BCUT2D eigenvalue weighted by Gasteiger charge is 2.09. The Bertz CT molecular complexity index is 483. The summed E-state index contributed by atoms with van der Waals surface area (Å²) in [4.78, 5) is 11.9. The molecule has 0 aromatic heterocycles. The van der Waals surface area contributed by atoms with E-state index in [-0.39, 0.29) is 5.91 Å². The fraction of sp³-hybridized carbons (Fsp3) is 0.357. The van der Waals surface area contributed by atoms with Crippen LogP contribution in [0.3, 0.4) is 0 Å². The van der Waals surface area contributed by atoms with Gasteiger partial charge in [-0.25, -0.2) is 0 Å². The zero-order chi connectivity index (χ0) is 13.2. The van der Waals surface area contributed by atoms with E-state index >= 15 is 0 Å². The Balaban J connectivity index is 3.01. The molecule has 0 saturated carbocycles. The number of carbonyl (C=O) groups excluding carboxylic acids is 1. The lowest BCUT2D eigenvalue weighted by Crippen LogP contribution is -2.16. The van der Waals surface area contributed by atoms with Crippen molar-refractivity contribution < 1.29 is 4.79 Å². The molecule has 0 atom stereocenters. The average molecular weight is 232 g/mol. The molecule has 17 heavy (non-hydrogen) atoms. The van der Waals surface area contributed by atoms with Crippen LogP contribution in [0, 0.1) is 20.8 Å². The normalized spacial score (nSPS) is 12.1. The van der Waals surface area contributed by atoms with Crippen LogP contribution in [0.25, 0.3) is 0 Å². The van der Waals surface area contributed by atoms with Gasteiger partial charge < -0.3 is 11.1 Å². The minimum Gasteiger partial charge on any atom is -0.402 e. The maximum atomic E-state index is 11.9. The molecule has 0 aliphatic carbocycles. The maximum absolute atomic E-state index is 11.9. The van der Waals surface area contributed by atoms with Gasteiger partial charge in [-0.2, -0.15) is 0 Å². The van der Waals surface area contributed by atoms with Crippen LogP contribution >= 0.6 is 0 Å². The molecule has 0 heterocycles. The molecule has 0 aliphatic rings. The van der Waals surface area contributed by atoms with Crippen LogP contribution in [0.5, 0.6) is 0 Å². The predicted octanol–water partition coefficient (Wildman–Crippen LogP) is 2.80. The summed E-state index contributed by atoms with van der Waals surface area (Å²) in [5, 5.41) is 2.88. The summed E-state index contributed by atoms with van der Waals surface area (Å²) in [5.41, 5.74) is 11.0. The van der Waals surface area contributed by atoms with Gasteiger partial charge in [-0.3, -0.25) is 4.79 Å². The Morgan fingerprint density at radius 2 is 1.59 bits per heavy atom. The number of rotatable bonds is 2. The van der Waals surface area contributed by atoms with E-state index < -0.39 is 0 Å². The first-order valence-corrected chi connectivity index (χ1v) is 5.65. The maximum Gasteiger partial charge on any atom is 0.253 e. The van der Waals surface area contributed by atoms with Gasteiger partial charge in [0.1, 0.15) is 0 Å². The third-order valence-corrected chi connectivity index (χ3v) is 3.02. The first-order valence-electron chi connectivity index (χ1n) is 5.65. The second kappa shape index (κ2) is 5.04. The third kappa shape index (κ3) is 3.09. The molecule has 0 bridgehead atoms. The third-order valence-electron chi connectivity index (χ3n) is 3.02. The Morgan fingerprint density at radius 3 is 2.12 bits per heavy atom. The molecule has 1 amide bonds. The van der Waals surface area contributed by atoms with Crippen LogP contribution < -0.4 is 11.1 Å². The summed E-state index contributed by atoms with van der Waals surface area (Å²) in [5.74, 6) is -0.142. The summed E-state index contributed by atoms with van der Waals surface area (Å²) < 4.78 is 0. The summed E-state index contributed by atoms with van der Waals surface area (Å²) in [6, 6.07) is 4.06. The van der Waals surface area contributed by atoms with Crippen LogP contribution in [-0.4, -0.2) is 5.91 Å². The number of nitrogens with two attached hydrogens (primary N) is 1. The van der Waals surface area contributed by atoms with Crippen molar-refractivity contribution in [2.75, 3.05) is 5.32 Å². The molecule has 0 spiro atoms. The van der Waals surface area contributed by atoms with Crippen molar-refractivity contribution in [1.82, 2.24) is 0 Å². The van der Waals surface area contributed by atoms with Gasteiger partial charge in [0.15, 0.2) is 0 Å². The lowest BCUT2D eigenvalue weighted by molar-refractivity contribution is -0.112. The van der Waals surface area contributed by atoms with E-state index in [2.05, 4.69) is 18.3 Å². The summed E-state index contributed by atoms with van der Waals surface area (Å²) in [6.45, 7) is 9.52. The van der Waals surface area contributed by atoms with Crippen molar-refractivity contribution in [3.05, 3.63) is 40.1 Å². The standard InChI is InChI=1S/C14H20N2O/c1-8-6-10(3)13(7-9(8)2)16-14(17)11(4)12(5)15/h6-7H,15H2,1-5H3,(H,16,17)/b12-11-. The largest absolute Gasteiger partial charge is 0.402 e. The van der Waals surface area contributed by atoms with E-state index in [4.69, 9.17) is 5.73 Å². The number of hydrogen-bond acceptors (Lipinski definition) is 2. The summed E-state index contributed by atoms with van der Waals surface area (Å²) in [6.07, 6.45) is 0. The van der Waals surface area contributed by atoms with Gasteiger partial charge in [0.2, 0.25) is 0 Å². The van der Waals surface area contributed by atoms with E-state index in [1.54, 1.807) is 13.8 Å². The molecule has 0 unspecified atom stereocenters. The van der Waals surface area contributed by atoms with Crippen molar-refractivity contribution in [2.45, 2.75) is 34.6 Å². The van der Waals surface area contributed by atoms with E-state index in [9.17, 15) is 4.79 Å². The highest BCUT2D eigenvalue weighted by atomic mass is 16.1. The van der Waals surface area contributed by atoms with E-state index in [1.165, 1.54) is 5.56 Å². The molecule has 3 nitrogen and oxygen atoms in total. The molecule has 92 valence electrons. The zero-order valence-electron chi connectivity index (χ0n) is 11.1. The van der Waals surface area contributed by atoms with Gasteiger partial charge in [0.25, 0.3) is 5.91 Å². The Morgan fingerprint density at radius 1 is 1.06 bits per heavy atom. The van der Waals surface area contributed by atoms with Crippen LogP contribution in [0.15, 0.2) is 23.4 Å². The fourth-order valence-corrected chi connectivity index (χ4v) is 1.49. The molecule has 3 heteroatoms. The van der Waals surface area contributed by atoms with Gasteiger partial charge in [-0.05, 0) is 57.4 Å². The number of amides is 1. The minimum absolute atomic E-state index is 0.142. The predicted molar refractivity (Wildman–Crippen MR) is 71.8 cm³/mol. The molecule has 0 radical (unpaired) electrons. The monoisotopic (exact) mass is 232 g/mol. The van der Waals surface area contributed by atoms with E-state index in [1.807, 2.05) is 19.9 Å². The van der Waals surface area contributed by atoms with Crippen molar-refractivity contribution in [3.8, 4) is 0 Å².